The van der Waals surface area contributed by atoms with Crippen molar-refractivity contribution in [3.05, 3.63) is 35.3 Å². The van der Waals surface area contributed by atoms with Crippen LogP contribution in [-0.4, -0.2) is 23.3 Å². The second-order valence-electron chi connectivity index (χ2n) is 5.56. The number of hydrogen-bond acceptors (Lipinski definition) is 3. The van der Waals surface area contributed by atoms with Gasteiger partial charge in [0.15, 0.2) is 0 Å². The van der Waals surface area contributed by atoms with Crippen LogP contribution in [0.15, 0.2) is 18.2 Å². The lowest BCUT2D eigenvalue weighted by atomic mass is 9.80. The molecule has 1 aromatic heterocycles. The molecule has 2 aliphatic heterocycles. The lowest BCUT2D eigenvalue weighted by molar-refractivity contribution is 0.0301. The lowest BCUT2D eigenvalue weighted by Crippen LogP contribution is -2.45. The van der Waals surface area contributed by atoms with Crippen LogP contribution in [0.4, 0.5) is 4.39 Å². The molecule has 3 heterocycles. The van der Waals surface area contributed by atoms with Gasteiger partial charge in [-0.2, -0.15) is 5.10 Å². The molecule has 0 aliphatic carbocycles. The van der Waals surface area contributed by atoms with Gasteiger partial charge in [0.2, 0.25) is 0 Å². The van der Waals surface area contributed by atoms with Crippen molar-refractivity contribution in [1.29, 1.82) is 0 Å². The number of aromatic nitrogens is 2. The maximum Gasteiger partial charge on any atom is 0.140 e. The van der Waals surface area contributed by atoms with Crippen molar-refractivity contribution in [2.45, 2.75) is 25.4 Å². The molecule has 0 saturated carbocycles. The van der Waals surface area contributed by atoms with E-state index in [9.17, 15) is 4.39 Å². The number of rotatable bonds is 0. The van der Waals surface area contributed by atoms with E-state index in [1.807, 2.05) is 6.92 Å². The maximum atomic E-state index is 13.5. The zero-order chi connectivity index (χ0) is 13.7. The molecule has 4 nitrogen and oxygen atoms in total. The van der Waals surface area contributed by atoms with Crippen molar-refractivity contribution in [1.82, 2.24) is 15.5 Å². The molecule has 1 spiro atoms. The lowest BCUT2D eigenvalue weighted by Gasteiger charge is -2.41. The van der Waals surface area contributed by atoms with Gasteiger partial charge in [0.05, 0.1) is 0 Å². The number of nitrogens with one attached hydrogen (secondary N) is 2. The molecule has 0 bridgehead atoms. The number of H-pyrrole nitrogens is 1. The number of hydrogen-bond donors (Lipinski definition) is 2. The minimum absolute atomic E-state index is 0.264. The van der Waals surface area contributed by atoms with E-state index in [1.54, 1.807) is 6.07 Å². The Morgan fingerprint density at radius 2 is 2.10 bits per heavy atom. The predicted octanol–water partition coefficient (Wildman–Crippen LogP) is 2.50. The topological polar surface area (TPSA) is 49.9 Å². The third-order valence-corrected chi connectivity index (χ3v) is 4.32. The van der Waals surface area contributed by atoms with Crippen LogP contribution in [0.5, 0.6) is 5.75 Å². The fourth-order valence-corrected chi connectivity index (χ4v) is 3.40. The Bertz CT molecular complexity index is 674. The number of ether oxygens (including phenoxy) is 1. The Kier molecular flexibility index (Phi) is 2.41. The van der Waals surface area contributed by atoms with Gasteiger partial charge in [0.25, 0.3) is 0 Å². The molecule has 0 atom stereocenters. The van der Waals surface area contributed by atoms with E-state index in [-0.39, 0.29) is 11.4 Å². The Morgan fingerprint density at radius 1 is 1.30 bits per heavy atom. The number of fused-ring (bicyclic) bond motifs is 4. The van der Waals surface area contributed by atoms with Crippen LogP contribution in [-0.2, 0) is 5.60 Å². The summed E-state index contributed by atoms with van der Waals surface area (Å²) in [6, 6.07) is 4.65. The minimum atomic E-state index is -0.331. The fourth-order valence-electron chi connectivity index (χ4n) is 3.40. The largest absolute Gasteiger partial charge is 0.482 e. The summed E-state index contributed by atoms with van der Waals surface area (Å²) in [5.74, 6) is 0.465. The SMILES string of the molecule is Cc1[nH]nc2c1C1(CCNCC1)Oc1ccc(F)cc1-2. The van der Waals surface area contributed by atoms with Gasteiger partial charge < -0.3 is 10.1 Å². The quantitative estimate of drug-likeness (QED) is 0.775. The summed E-state index contributed by atoms with van der Waals surface area (Å²) in [6.45, 7) is 3.84. The highest BCUT2D eigenvalue weighted by atomic mass is 19.1. The Morgan fingerprint density at radius 3 is 2.90 bits per heavy atom. The molecule has 1 saturated heterocycles. The molecular weight excluding hydrogens is 257 g/mol. The highest BCUT2D eigenvalue weighted by Crippen LogP contribution is 2.49. The number of halogens is 1. The van der Waals surface area contributed by atoms with E-state index in [4.69, 9.17) is 4.74 Å². The first-order valence-electron chi connectivity index (χ1n) is 6.95. The summed E-state index contributed by atoms with van der Waals surface area (Å²) in [4.78, 5) is 0. The third-order valence-electron chi connectivity index (χ3n) is 4.32. The van der Waals surface area contributed by atoms with Crippen molar-refractivity contribution >= 4 is 0 Å². The molecule has 2 N–H and O–H groups in total. The first-order chi connectivity index (χ1) is 9.70. The van der Waals surface area contributed by atoms with Crippen LogP contribution in [0.2, 0.25) is 0 Å². The van der Waals surface area contributed by atoms with E-state index in [0.29, 0.717) is 0 Å². The van der Waals surface area contributed by atoms with Crippen LogP contribution in [0.3, 0.4) is 0 Å². The first kappa shape index (κ1) is 11.9. The highest BCUT2D eigenvalue weighted by Gasteiger charge is 2.44. The van der Waals surface area contributed by atoms with E-state index in [2.05, 4.69) is 15.5 Å². The molecule has 2 aromatic rings. The minimum Gasteiger partial charge on any atom is -0.482 e. The van der Waals surface area contributed by atoms with Gasteiger partial charge >= 0.3 is 0 Å². The van der Waals surface area contributed by atoms with Crippen molar-refractivity contribution in [2.75, 3.05) is 13.1 Å². The summed E-state index contributed by atoms with van der Waals surface area (Å²) in [5, 5.41) is 10.8. The molecule has 1 aromatic carbocycles. The number of aryl methyl sites for hydroxylation is 1. The number of benzene rings is 1. The molecular formula is C15H16FN3O. The standard InChI is InChI=1S/C15H16FN3O/c1-9-13-14(19-18-9)11-8-10(16)2-3-12(11)20-15(13)4-6-17-7-5-15/h2-3,8,17H,4-7H2,1H3,(H,18,19). The normalized spacial score (nSPS) is 19.3. The van der Waals surface area contributed by atoms with Crippen LogP contribution in [0, 0.1) is 12.7 Å². The molecule has 20 heavy (non-hydrogen) atoms. The molecule has 5 heteroatoms. The van der Waals surface area contributed by atoms with Gasteiger partial charge in [-0.25, -0.2) is 4.39 Å². The van der Waals surface area contributed by atoms with Crippen LogP contribution in [0.1, 0.15) is 24.1 Å². The number of aromatic amines is 1. The third kappa shape index (κ3) is 1.53. The number of nitrogens with zero attached hydrogens (tertiary/aromatic N) is 1. The Balaban J connectivity index is 1.96. The van der Waals surface area contributed by atoms with Crippen LogP contribution < -0.4 is 10.1 Å². The van der Waals surface area contributed by atoms with Gasteiger partial charge in [-0.05, 0) is 38.2 Å². The van der Waals surface area contributed by atoms with Gasteiger partial charge in [-0.1, -0.05) is 0 Å². The van der Waals surface area contributed by atoms with E-state index >= 15 is 0 Å². The van der Waals surface area contributed by atoms with Gasteiger partial charge in [-0.15, -0.1) is 0 Å². The summed E-state index contributed by atoms with van der Waals surface area (Å²) < 4.78 is 19.8. The first-order valence-corrected chi connectivity index (χ1v) is 6.95. The van der Waals surface area contributed by atoms with Crippen molar-refractivity contribution in [3.63, 3.8) is 0 Å². The van der Waals surface area contributed by atoms with Gasteiger partial charge in [-0.3, -0.25) is 5.10 Å². The van der Waals surface area contributed by atoms with Gasteiger partial charge in [0, 0.05) is 29.7 Å². The summed E-state index contributed by atoms with van der Waals surface area (Å²) in [6.07, 6.45) is 1.80. The average molecular weight is 273 g/mol. The second-order valence-corrected chi connectivity index (χ2v) is 5.56. The molecule has 2 aliphatic rings. The van der Waals surface area contributed by atoms with Gasteiger partial charge in [0.1, 0.15) is 22.9 Å². The summed E-state index contributed by atoms with van der Waals surface area (Å²) in [5.41, 5.74) is 3.36. The molecule has 104 valence electrons. The van der Waals surface area contributed by atoms with E-state index in [0.717, 1.165) is 54.2 Å². The molecule has 1 fully saturated rings. The highest BCUT2D eigenvalue weighted by molar-refractivity contribution is 5.74. The Labute approximate surface area is 116 Å². The van der Waals surface area contributed by atoms with Crippen LogP contribution >= 0.6 is 0 Å². The van der Waals surface area contributed by atoms with Crippen LogP contribution in [0.25, 0.3) is 11.3 Å². The zero-order valence-corrected chi connectivity index (χ0v) is 11.3. The molecule has 4 rings (SSSR count). The summed E-state index contributed by atoms with van der Waals surface area (Å²) in [7, 11) is 0. The maximum absolute atomic E-state index is 13.5. The summed E-state index contributed by atoms with van der Waals surface area (Å²) >= 11 is 0. The van der Waals surface area contributed by atoms with Crippen molar-refractivity contribution < 1.29 is 9.13 Å². The smallest absolute Gasteiger partial charge is 0.140 e. The Hall–Kier alpha value is -1.88. The molecule has 0 unspecified atom stereocenters. The molecule has 0 amide bonds. The van der Waals surface area contributed by atoms with Crippen molar-refractivity contribution in [3.8, 4) is 17.0 Å². The monoisotopic (exact) mass is 273 g/mol. The average Bonchev–Trinajstić information content (AvgIpc) is 2.85. The predicted molar refractivity (Wildman–Crippen MR) is 73.1 cm³/mol. The zero-order valence-electron chi connectivity index (χ0n) is 11.3. The van der Waals surface area contributed by atoms with E-state index < -0.39 is 0 Å². The number of piperidine rings is 1. The fraction of sp³-hybridized carbons (Fsp3) is 0.400. The molecule has 0 radical (unpaired) electrons. The van der Waals surface area contributed by atoms with Crippen molar-refractivity contribution in [2.24, 2.45) is 0 Å². The second kappa shape index (κ2) is 4.06. The van der Waals surface area contributed by atoms with E-state index in [1.165, 1.54) is 12.1 Å².